The first-order chi connectivity index (χ1) is 10.4. The number of carbonyl (C=O) groups excluding carboxylic acids is 1. The molecule has 1 aromatic carbocycles. The molecule has 0 saturated carbocycles. The molecule has 2 rings (SSSR count). The molecule has 2 unspecified atom stereocenters. The van der Waals surface area contributed by atoms with Gasteiger partial charge in [0.1, 0.15) is 0 Å². The van der Waals surface area contributed by atoms with Gasteiger partial charge in [-0.3, -0.25) is 19.8 Å². The van der Waals surface area contributed by atoms with Crippen LogP contribution in [0.3, 0.4) is 0 Å². The summed E-state index contributed by atoms with van der Waals surface area (Å²) in [4.78, 5) is 26.0. The molecule has 1 saturated heterocycles. The Morgan fingerprint density at radius 2 is 2.27 bits per heavy atom. The number of benzene rings is 1. The molecule has 1 heterocycles. The Kier molecular flexibility index (Phi) is 5.10. The van der Waals surface area contributed by atoms with E-state index in [-0.39, 0.29) is 17.6 Å². The van der Waals surface area contributed by atoms with Crippen LogP contribution >= 0.6 is 0 Å². The number of aliphatic hydroxyl groups excluding tert-OH is 1. The number of rotatable bonds is 5. The molecule has 0 spiro atoms. The van der Waals surface area contributed by atoms with Gasteiger partial charge < -0.3 is 10.0 Å². The van der Waals surface area contributed by atoms with Crippen molar-refractivity contribution in [2.24, 2.45) is 0 Å². The van der Waals surface area contributed by atoms with Gasteiger partial charge in [0.2, 0.25) is 5.91 Å². The van der Waals surface area contributed by atoms with E-state index in [9.17, 15) is 20.0 Å². The molecule has 1 fully saturated rings. The number of nitro groups is 1. The molecular formula is C15H21N3O4. The van der Waals surface area contributed by atoms with E-state index in [4.69, 9.17) is 0 Å². The molecule has 7 nitrogen and oxygen atoms in total. The van der Waals surface area contributed by atoms with Crippen molar-refractivity contribution in [1.29, 1.82) is 0 Å². The maximum absolute atomic E-state index is 12.1. The Hall–Kier alpha value is -1.99. The van der Waals surface area contributed by atoms with E-state index < -0.39 is 11.0 Å². The molecule has 1 N–H and O–H groups in total. The number of hydrogen-bond donors (Lipinski definition) is 1. The number of hydrogen-bond acceptors (Lipinski definition) is 5. The third kappa shape index (κ3) is 3.61. The number of non-ortho nitro benzene ring substituents is 1. The lowest BCUT2D eigenvalue weighted by molar-refractivity contribution is -0.385. The van der Waals surface area contributed by atoms with Crippen molar-refractivity contribution in [3.05, 3.63) is 39.9 Å². The van der Waals surface area contributed by atoms with Gasteiger partial charge >= 0.3 is 0 Å². The van der Waals surface area contributed by atoms with Crippen LogP contribution in [0.25, 0.3) is 0 Å². The third-order valence-electron chi connectivity index (χ3n) is 3.96. The monoisotopic (exact) mass is 307 g/mol. The second-order valence-corrected chi connectivity index (χ2v) is 5.75. The molecule has 1 aliphatic rings. The topological polar surface area (TPSA) is 86.9 Å². The summed E-state index contributed by atoms with van der Waals surface area (Å²) in [7, 11) is 3.44. The summed E-state index contributed by atoms with van der Waals surface area (Å²) >= 11 is 0. The molecule has 1 aromatic rings. The van der Waals surface area contributed by atoms with Crippen molar-refractivity contribution < 1.29 is 14.8 Å². The van der Waals surface area contributed by atoms with E-state index in [0.717, 1.165) is 19.4 Å². The average Bonchev–Trinajstić information content (AvgIpc) is 2.94. The number of likely N-dealkylation sites (tertiary alicyclic amines) is 1. The van der Waals surface area contributed by atoms with Crippen molar-refractivity contribution >= 4 is 11.6 Å². The summed E-state index contributed by atoms with van der Waals surface area (Å²) in [6, 6.07) is 5.77. The number of β-amino-alcohol motifs (C(OH)–C–C–N with tert-alkyl or cyclic N) is 1. The lowest BCUT2D eigenvalue weighted by atomic mass is 10.1. The van der Waals surface area contributed by atoms with Gasteiger partial charge in [0.25, 0.3) is 5.69 Å². The molecule has 0 bridgehead atoms. The van der Waals surface area contributed by atoms with Crippen LogP contribution in [0.5, 0.6) is 0 Å². The van der Waals surface area contributed by atoms with Crippen LogP contribution in [0.2, 0.25) is 0 Å². The highest BCUT2D eigenvalue weighted by Crippen LogP contribution is 2.24. The van der Waals surface area contributed by atoms with Crippen molar-refractivity contribution in [3.8, 4) is 0 Å². The first-order valence-electron chi connectivity index (χ1n) is 7.27. The fraction of sp³-hybridized carbons (Fsp3) is 0.533. The van der Waals surface area contributed by atoms with Crippen LogP contribution in [0.15, 0.2) is 24.3 Å². The summed E-state index contributed by atoms with van der Waals surface area (Å²) in [5.41, 5.74) is 0.455. The summed E-state index contributed by atoms with van der Waals surface area (Å²) in [5, 5.41) is 21.1. The fourth-order valence-electron chi connectivity index (χ4n) is 2.80. The SMILES string of the molecule is CN(C)C(=O)C1CCCN1CC(O)c1cccc([N+](=O)[O-])c1. The highest BCUT2D eigenvalue weighted by molar-refractivity contribution is 5.81. The Balaban J connectivity index is 2.07. The highest BCUT2D eigenvalue weighted by Gasteiger charge is 2.33. The number of likely N-dealkylation sites (N-methyl/N-ethyl adjacent to an activating group) is 1. The van der Waals surface area contributed by atoms with Crippen LogP contribution in [-0.4, -0.2) is 59.0 Å². The Morgan fingerprint density at radius 3 is 2.91 bits per heavy atom. The van der Waals surface area contributed by atoms with E-state index in [1.165, 1.54) is 12.1 Å². The lowest BCUT2D eigenvalue weighted by Crippen LogP contribution is -2.44. The predicted octanol–water partition coefficient (Wildman–Crippen LogP) is 1.18. The smallest absolute Gasteiger partial charge is 0.269 e. The van der Waals surface area contributed by atoms with Gasteiger partial charge in [-0.2, -0.15) is 0 Å². The minimum atomic E-state index is -0.851. The second kappa shape index (κ2) is 6.85. The van der Waals surface area contributed by atoms with E-state index in [0.29, 0.717) is 12.1 Å². The number of amides is 1. The Bertz CT molecular complexity index is 561. The lowest BCUT2D eigenvalue weighted by Gasteiger charge is -2.28. The summed E-state index contributed by atoms with van der Waals surface area (Å²) in [6.07, 6.45) is 0.834. The molecule has 2 atom stereocenters. The summed E-state index contributed by atoms with van der Waals surface area (Å²) < 4.78 is 0. The molecule has 1 aliphatic heterocycles. The van der Waals surface area contributed by atoms with Gasteiger partial charge in [0, 0.05) is 32.8 Å². The van der Waals surface area contributed by atoms with Crippen LogP contribution in [-0.2, 0) is 4.79 Å². The summed E-state index contributed by atoms with van der Waals surface area (Å²) in [5.74, 6) is 0.0312. The van der Waals surface area contributed by atoms with E-state index >= 15 is 0 Å². The van der Waals surface area contributed by atoms with Crippen molar-refractivity contribution in [1.82, 2.24) is 9.80 Å². The Morgan fingerprint density at radius 1 is 1.55 bits per heavy atom. The zero-order chi connectivity index (χ0) is 16.3. The average molecular weight is 307 g/mol. The first-order valence-corrected chi connectivity index (χ1v) is 7.27. The number of nitrogens with zero attached hydrogens (tertiary/aromatic N) is 3. The maximum Gasteiger partial charge on any atom is 0.269 e. The van der Waals surface area contributed by atoms with Gasteiger partial charge in [-0.25, -0.2) is 0 Å². The van der Waals surface area contributed by atoms with Crippen molar-refractivity contribution in [2.75, 3.05) is 27.2 Å². The molecule has 0 radical (unpaired) electrons. The summed E-state index contributed by atoms with van der Waals surface area (Å²) in [6.45, 7) is 1.04. The predicted molar refractivity (Wildman–Crippen MR) is 81.3 cm³/mol. The van der Waals surface area contributed by atoms with Crippen LogP contribution in [0.4, 0.5) is 5.69 Å². The van der Waals surface area contributed by atoms with Crippen molar-refractivity contribution in [3.63, 3.8) is 0 Å². The van der Waals surface area contributed by atoms with Gasteiger partial charge in [-0.1, -0.05) is 12.1 Å². The van der Waals surface area contributed by atoms with Crippen molar-refractivity contribution in [2.45, 2.75) is 25.0 Å². The number of aliphatic hydroxyl groups is 1. The zero-order valence-corrected chi connectivity index (χ0v) is 12.8. The quantitative estimate of drug-likeness (QED) is 0.652. The standard InChI is InChI=1S/C15H21N3O4/c1-16(2)15(20)13-7-4-8-17(13)10-14(19)11-5-3-6-12(9-11)18(21)22/h3,5-6,9,13-14,19H,4,7-8,10H2,1-2H3. The van der Waals surface area contributed by atoms with E-state index in [1.54, 1.807) is 31.1 Å². The zero-order valence-electron chi connectivity index (χ0n) is 12.8. The maximum atomic E-state index is 12.1. The number of nitro benzene ring substituents is 1. The largest absolute Gasteiger partial charge is 0.387 e. The van der Waals surface area contributed by atoms with Crippen LogP contribution < -0.4 is 0 Å². The van der Waals surface area contributed by atoms with Crippen LogP contribution in [0.1, 0.15) is 24.5 Å². The molecule has 7 heteroatoms. The van der Waals surface area contributed by atoms with Gasteiger partial charge in [-0.15, -0.1) is 0 Å². The molecule has 1 amide bonds. The second-order valence-electron chi connectivity index (χ2n) is 5.75. The van der Waals surface area contributed by atoms with Gasteiger partial charge in [0.05, 0.1) is 17.1 Å². The minimum absolute atomic E-state index is 0.0312. The first kappa shape index (κ1) is 16.4. The van der Waals surface area contributed by atoms with Gasteiger partial charge in [0.15, 0.2) is 0 Å². The Labute approximate surface area is 129 Å². The molecule has 120 valence electrons. The van der Waals surface area contributed by atoms with Crippen LogP contribution in [0, 0.1) is 10.1 Å². The molecular weight excluding hydrogens is 286 g/mol. The molecule has 22 heavy (non-hydrogen) atoms. The third-order valence-corrected chi connectivity index (χ3v) is 3.96. The normalized spacial score (nSPS) is 19.9. The van der Waals surface area contributed by atoms with Gasteiger partial charge in [-0.05, 0) is 24.9 Å². The molecule has 0 aromatic heterocycles. The van der Waals surface area contributed by atoms with E-state index in [1.807, 2.05) is 4.90 Å². The molecule has 0 aliphatic carbocycles. The fourth-order valence-corrected chi connectivity index (χ4v) is 2.80. The van der Waals surface area contributed by atoms with E-state index in [2.05, 4.69) is 0 Å². The highest BCUT2D eigenvalue weighted by atomic mass is 16.6. The minimum Gasteiger partial charge on any atom is -0.387 e. The number of carbonyl (C=O) groups is 1.